The van der Waals surface area contributed by atoms with E-state index in [1.54, 1.807) is 0 Å². The van der Waals surface area contributed by atoms with Crippen LogP contribution in [0.3, 0.4) is 0 Å². The summed E-state index contributed by atoms with van der Waals surface area (Å²) >= 11 is 3.92. The molecule has 5 heteroatoms. The number of likely N-dealkylation sites (N-methyl/N-ethyl adjacent to an activating group) is 1. The molecule has 0 aromatic heterocycles. The molecule has 1 aliphatic rings. The Labute approximate surface area is 128 Å². The molecule has 1 saturated heterocycles. The van der Waals surface area contributed by atoms with Crippen LogP contribution in [0.1, 0.15) is 19.4 Å². The molecule has 1 N–H and O–H groups in total. The summed E-state index contributed by atoms with van der Waals surface area (Å²) in [5.74, 6) is 0.365. The number of rotatable bonds is 4. The average molecular weight is 317 g/mol. The summed E-state index contributed by atoms with van der Waals surface area (Å²) in [6.45, 7) is 4.49. The van der Waals surface area contributed by atoms with Crippen molar-refractivity contribution < 1.29 is 8.78 Å². The molecule has 0 radical (unpaired) electrons. The summed E-state index contributed by atoms with van der Waals surface area (Å²) in [4.78, 5) is 0. The van der Waals surface area contributed by atoms with E-state index in [0.717, 1.165) is 5.75 Å². The molecule has 4 atom stereocenters. The first-order valence-electron chi connectivity index (χ1n) is 6.89. The quantitative estimate of drug-likeness (QED) is 0.909. The van der Waals surface area contributed by atoms with Crippen molar-refractivity contribution in [2.45, 2.75) is 42.1 Å². The number of benzene rings is 1. The van der Waals surface area contributed by atoms with Gasteiger partial charge in [0.2, 0.25) is 0 Å². The number of hydrogen-bond acceptors (Lipinski definition) is 3. The zero-order chi connectivity index (χ0) is 14.7. The van der Waals surface area contributed by atoms with E-state index in [4.69, 9.17) is 0 Å². The lowest BCUT2D eigenvalue weighted by molar-refractivity contribution is 0.524. The van der Waals surface area contributed by atoms with Crippen molar-refractivity contribution in [2.75, 3.05) is 12.8 Å². The van der Waals surface area contributed by atoms with Crippen LogP contribution in [0.15, 0.2) is 18.2 Å². The lowest BCUT2D eigenvalue weighted by Crippen LogP contribution is -2.43. The summed E-state index contributed by atoms with van der Waals surface area (Å²) in [7, 11) is 1.90. The molecule has 1 nitrogen and oxygen atoms in total. The van der Waals surface area contributed by atoms with Gasteiger partial charge in [-0.25, -0.2) is 8.78 Å². The van der Waals surface area contributed by atoms with Crippen molar-refractivity contribution in [2.24, 2.45) is 0 Å². The predicted octanol–water partition coefficient (Wildman–Crippen LogP) is 3.72. The summed E-state index contributed by atoms with van der Waals surface area (Å²) < 4.78 is 27.0. The molecule has 0 bridgehead atoms. The smallest absolute Gasteiger partial charge is 0.126 e. The molecular weight excluding hydrogens is 296 g/mol. The SMILES string of the molecule is CNC(Cc1cc(F)ccc1F)C1CSC(C)C(C)S1. The van der Waals surface area contributed by atoms with Crippen LogP contribution in [0.25, 0.3) is 0 Å². The van der Waals surface area contributed by atoms with E-state index in [1.165, 1.54) is 18.2 Å². The Bertz CT molecular complexity index is 455. The van der Waals surface area contributed by atoms with Crippen molar-refractivity contribution in [1.82, 2.24) is 5.32 Å². The van der Waals surface area contributed by atoms with Crippen molar-refractivity contribution in [3.05, 3.63) is 35.4 Å². The molecule has 0 saturated carbocycles. The molecule has 1 aromatic carbocycles. The molecule has 1 heterocycles. The van der Waals surface area contributed by atoms with E-state index < -0.39 is 0 Å². The maximum atomic E-state index is 13.8. The number of hydrogen-bond donors (Lipinski definition) is 1. The molecule has 0 amide bonds. The van der Waals surface area contributed by atoms with Crippen LogP contribution in [0.4, 0.5) is 8.78 Å². The molecule has 1 aliphatic heterocycles. The minimum Gasteiger partial charge on any atom is -0.316 e. The van der Waals surface area contributed by atoms with E-state index in [9.17, 15) is 8.78 Å². The van der Waals surface area contributed by atoms with Gasteiger partial charge in [0.1, 0.15) is 11.6 Å². The lowest BCUT2D eigenvalue weighted by Gasteiger charge is -2.36. The highest BCUT2D eigenvalue weighted by Crippen LogP contribution is 2.37. The van der Waals surface area contributed by atoms with E-state index >= 15 is 0 Å². The number of nitrogens with one attached hydrogen (secondary N) is 1. The van der Waals surface area contributed by atoms with Crippen LogP contribution < -0.4 is 5.32 Å². The van der Waals surface area contributed by atoms with Gasteiger partial charge in [-0.15, -0.1) is 0 Å². The maximum Gasteiger partial charge on any atom is 0.126 e. The number of halogens is 2. The van der Waals surface area contributed by atoms with E-state index in [1.807, 2.05) is 30.6 Å². The molecule has 1 fully saturated rings. The van der Waals surface area contributed by atoms with Gasteiger partial charge in [-0.05, 0) is 37.2 Å². The third kappa shape index (κ3) is 3.89. The summed E-state index contributed by atoms with van der Waals surface area (Å²) in [5.41, 5.74) is 0.459. The summed E-state index contributed by atoms with van der Waals surface area (Å²) in [5, 5.41) is 4.95. The van der Waals surface area contributed by atoms with Gasteiger partial charge < -0.3 is 5.32 Å². The summed E-state index contributed by atoms with van der Waals surface area (Å²) in [6, 6.07) is 3.86. The molecule has 0 aliphatic carbocycles. The fourth-order valence-electron chi connectivity index (χ4n) is 2.37. The van der Waals surface area contributed by atoms with Crippen LogP contribution >= 0.6 is 23.5 Å². The average Bonchev–Trinajstić information content (AvgIpc) is 2.43. The zero-order valence-corrected chi connectivity index (χ0v) is 13.7. The lowest BCUT2D eigenvalue weighted by atomic mass is 10.0. The first-order valence-corrected chi connectivity index (χ1v) is 8.88. The molecular formula is C15H21F2NS2. The Morgan fingerprint density at radius 1 is 1.30 bits per heavy atom. The molecule has 20 heavy (non-hydrogen) atoms. The van der Waals surface area contributed by atoms with Crippen LogP contribution in [-0.4, -0.2) is 34.6 Å². The minimum absolute atomic E-state index is 0.166. The Balaban J connectivity index is 2.07. The standard InChI is InChI=1S/C15H21F2NS2/c1-9-10(2)20-15(8-19-9)14(18-3)7-11-6-12(16)4-5-13(11)17/h4-6,9-10,14-15,18H,7-8H2,1-3H3. The van der Waals surface area contributed by atoms with Crippen LogP contribution in [0.5, 0.6) is 0 Å². The molecule has 4 unspecified atom stereocenters. The predicted molar refractivity (Wildman–Crippen MR) is 85.7 cm³/mol. The highest BCUT2D eigenvalue weighted by atomic mass is 32.2. The van der Waals surface area contributed by atoms with Crippen LogP contribution in [-0.2, 0) is 6.42 Å². The Hall–Kier alpha value is -0.260. The fourth-order valence-corrected chi connectivity index (χ4v) is 5.54. The van der Waals surface area contributed by atoms with Crippen molar-refractivity contribution in [3.63, 3.8) is 0 Å². The molecule has 0 spiro atoms. The van der Waals surface area contributed by atoms with Gasteiger partial charge >= 0.3 is 0 Å². The normalized spacial score (nSPS) is 28.4. The van der Waals surface area contributed by atoms with Gasteiger partial charge in [-0.1, -0.05) is 13.8 Å². The van der Waals surface area contributed by atoms with Gasteiger partial charge in [0.25, 0.3) is 0 Å². The van der Waals surface area contributed by atoms with Crippen molar-refractivity contribution in [1.29, 1.82) is 0 Å². The second-order valence-corrected chi connectivity index (χ2v) is 8.28. The third-order valence-corrected chi connectivity index (χ3v) is 7.39. The van der Waals surface area contributed by atoms with Gasteiger partial charge in [-0.2, -0.15) is 23.5 Å². The molecule has 112 valence electrons. The van der Waals surface area contributed by atoms with Gasteiger partial charge in [0.15, 0.2) is 0 Å². The minimum atomic E-state index is -0.371. The number of thioether (sulfide) groups is 2. The van der Waals surface area contributed by atoms with E-state index in [-0.39, 0.29) is 17.7 Å². The Kier molecular flexibility index (Phi) is 5.75. The third-order valence-electron chi connectivity index (χ3n) is 3.84. The van der Waals surface area contributed by atoms with Gasteiger partial charge in [0.05, 0.1) is 0 Å². The van der Waals surface area contributed by atoms with Gasteiger partial charge in [-0.3, -0.25) is 0 Å². The first kappa shape index (κ1) is 16.1. The highest BCUT2D eigenvalue weighted by Gasteiger charge is 2.31. The monoisotopic (exact) mass is 317 g/mol. The second-order valence-electron chi connectivity index (χ2n) is 5.25. The van der Waals surface area contributed by atoms with Crippen molar-refractivity contribution in [3.8, 4) is 0 Å². The second kappa shape index (κ2) is 7.14. The zero-order valence-electron chi connectivity index (χ0n) is 12.0. The Morgan fingerprint density at radius 3 is 2.70 bits per heavy atom. The maximum absolute atomic E-state index is 13.8. The molecule has 2 rings (SSSR count). The first-order chi connectivity index (χ1) is 9.51. The molecule has 1 aromatic rings. The highest BCUT2D eigenvalue weighted by molar-refractivity contribution is 8.07. The topological polar surface area (TPSA) is 12.0 Å². The van der Waals surface area contributed by atoms with E-state index in [2.05, 4.69) is 19.2 Å². The van der Waals surface area contributed by atoms with Crippen LogP contribution in [0, 0.1) is 11.6 Å². The van der Waals surface area contributed by atoms with Crippen molar-refractivity contribution >= 4 is 23.5 Å². The van der Waals surface area contributed by atoms with Crippen LogP contribution in [0.2, 0.25) is 0 Å². The van der Waals surface area contributed by atoms with E-state index in [0.29, 0.717) is 27.7 Å². The van der Waals surface area contributed by atoms with Gasteiger partial charge in [0, 0.05) is 27.5 Å². The largest absolute Gasteiger partial charge is 0.316 e. The Morgan fingerprint density at radius 2 is 2.05 bits per heavy atom. The summed E-state index contributed by atoms with van der Waals surface area (Å²) in [6.07, 6.45) is 0.527. The fraction of sp³-hybridized carbons (Fsp3) is 0.600.